The van der Waals surface area contributed by atoms with Crippen LogP contribution < -0.4 is 10.6 Å². The number of aromatic amines is 1. The van der Waals surface area contributed by atoms with Gasteiger partial charge in [0, 0.05) is 10.9 Å². The highest BCUT2D eigenvalue weighted by atomic mass is 16.5. The minimum atomic E-state index is -0.844. The molecule has 0 saturated carbocycles. The van der Waals surface area contributed by atoms with Crippen LogP contribution in [-0.4, -0.2) is 34.9 Å². The van der Waals surface area contributed by atoms with E-state index in [0.717, 1.165) is 22.0 Å². The summed E-state index contributed by atoms with van der Waals surface area (Å²) >= 11 is 0. The van der Waals surface area contributed by atoms with Gasteiger partial charge in [0.05, 0.1) is 11.7 Å². The van der Waals surface area contributed by atoms with Gasteiger partial charge in [0.25, 0.3) is 0 Å². The number of carbonyl (C=O) groups excluding carboxylic acids is 3. The van der Waals surface area contributed by atoms with Crippen LogP contribution in [0.2, 0.25) is 0 Å². The number of amides is 2. The zero-order valence-electron chi connectivity index (χ0n) is 22.4. The summed E-state index contributed by atoms with van der Waals surface area (Å²) in [7, 11) is 0. The number of alkyl carbamates (subject to hydrolysis) is 1. The van der Waals surface area contributed by atoms with E-state index in [9.17, 15) is 14.4 Å². The summed E-state index contributed by atoms with van der Waals surface area (Å²) in [6.07, 6.45) is 0.747. The first-order valence-corrected chi connectivity index (χ1v) is 13.3. The molecule has 0 spiro atoms. The van der Waals surface area contributed by atoms with Crippen LogP contribution in [-0.2, 0) is 22.6 Å². The van der Waals surface area contributed by atoms with Crippen molar-refractivity contribution in [3.63, 3.8) is 0 Å². The van der Waals surface area contributed by atoms with Crippen molar-refractivity contribution < 1.29 is 19.1 Å². The Morgan fingerprint density at radius 2 is 1.44 bits per heavy atom. The molecule has 39 heavy (non-hydrogen) atoms. The number of nitrogens with one attached hydrogen (secondary N) is 3. The maximum Gasteiger partial charge on any atom is 0.408 e. The number of rotatable bonds is 12. The van der Waals surface area contributed by atoms with E-state index in [1.165, 1.54) is 0 Å². The number of H-pyrrole nitrogens is 1. The van der Waals surface area contributed by atoms with Crippen LogP contribution in [0.3, 0.4) is 0 Å². The third kappa shape index (κ3) is 8.04. The fourth-order valence-corrected chi connectivity index (χ4v) is 4.50. The Bertz CT molecular complexity index is 1350. The number of hydrogen-bond acceptors (Lipinski definition) is 4. The molecule has 0 fully saturated rings. The van der Waals surface area contributed by atoms with E-state index in [2.05, 4.69) is 15.6 Å². The van der Waals surface area contributed by atoms with E-state index in [0.29, 0.717) is 25.0 Å². The van der Waals surface area contributed by atoms with Gasteiger partial charge in [-0.25, -0.2) is 4.79 Å². The second-order valence-corrected chi connectivity index (χ2v) is 10.1. The highest BCUT2D eigenvalue weighted by molar-refractivity contribution is 6.04. The quantitative estimate of drug-likeness (QED) is 0.203. The summed E-state index contributed by atoms with van der Waals surface area (Å²) in [5, 5.41) is 6.57. The molecule has 202 valence electrons. The molecule has 0 aliphatic heterocycles. The van der Waals surface area contributed by atoms with Gasteiger partial charge in [0.1, 0.15) is 12.6 Å². The number of ketones is 1. The molecule has 1 heterocycles. The molecule has 3 N–H and O–H groups in total. The molecular formula is C32H35N3O4. The molecule has 1 aromatic heterocycles. The summed E-state index contributed by atoms with van der Waals surface area (Å²) in [6, 6.07) is 27.0. The Kier molecular flexibility index (Phi) is 9.51. The number of aromatic nitrogens is 1. The SMILES string of the molecule is CC(C)CC(NC(=O)OCc1ccccc1)C(=O)NC(CCc1ccccc1)C(=O)c1cc2ccccc2[nH]1. The van der Waals surface area contributed by atoms with Gasteiger partial charge in [0.2, 0.25) is 11.7 Å². The highest BCUT2D eigenvalue weighted by Gasteiger charge is 2.29. The van der Waals surface area contributed by atoms with Crippen LogP contribution in [0, 0.1) is 5.92 Å². The van der Waals surface area contributed by atoms with Crippen molar-refractivity contribution in [2.24, 2.45) is 5.92 Å². The number of para-hydroxylation sites is 1. The van der Waals surface area contributed by atoms with Crippen LogP contribution in [0.1, 0.15) is 48.3 Å². The smallest absolute Gasteiger partial charge is 0.408 e. The normalized spacial score (nSPS) is 12.6. The number of aryl methyl sites for hydroxylation is 1. The first-order chi connectivity index (χ1) is 18.9. The van der Waals surface area contributed by atoms with Gasteiger partial charge in [-0.05, 0) is 48.4 Å². The molecule has 2 atom stereocenters. The van der Waals surface area contributed by atoms with Gasteiger partial charge in [-0.15, -0.1) is 0 Å². The monoisotopic (exact) mass is 525 g/mol. The molecule has 7 heteroatoms. The first-order valence-electron chi connectivity index (χ1n) is 13.3. The summed E-state index contributed by atoms with van der Waals surface area (Å²) < 4.78 is 5.35. The van der Waals surface area contributed by atoms with Crippen LogP contribution >= 0.6 is 0 Å². The third-order valence-electron chi connectivity index (χ3n) is 6.52. The maximum absolute atomic E-state index is 13.6. The lowest BCUT2D eigenvalue weighted by molar-refractivity contribution is -0.124. The molecule has 2 unspecified atom stereocenters. The number of fused-ring (bicyclic) bond motifs is 1. The van der Waals surface area contributed by atoms with Gasteiger partial charge in [0.15, 0.2) is 0 Å². The highest BCUT2D eigenvalue weighted by Crippen LogP contribution is 2.18. The number of Topliss-reactive ketones (excluding diaryl/α,β-unsaturated/α-hetero) is 1. The number of hydrogen-bond donors (Lipinski definition) is 3. The summed E-state index contributed by atoms with van der Waals surface area (Å²) in [6.45, 7) is 4.04. The molecule has 3 aromatic carbocycles. The maximum atomic E-state index is 13.6. The summed E-state index contributed by atoms with van der Waals surface area (Å²) in [4.78, 5) is 42.9. The molecule has 0 bridgehead atoms. The summed E-state index contributed by atoms with van der Waals surface area (Å²) in [5.41, 5.74) is 3.21. The van der Waals surface area contributed by atoms with E-state index in [1.54, 1.807) is 0 Å². The van der Waals surface area contributed by atoms with Crippen LogP contribution in [0.15, 0.2) is 91.0 Å². The van der Waals surface area contributed by atoms with Gasteiger partial charge in [-0.1, -0.05) is 92.7 Å². The Labute approximate surface area is 229 Å². The zero-order valence-corrected chi connectivity index (χ0v) is 22.4. The van der Waals surface area contributed by atoms with E-state index < -0.39 is 24.1 Å². The molecule has 0 aliphatic carbocycles. The largest absolute Gasteiger partial charge is 0.445 e. The Balaban J connectivity index is 1.48. The Morgan fingerprint density at radius 1 is 0.795 bits per heavy atom. The lowest BCUT2D eigenvalue weighted by Gasteiger charge is -2.24. The fourth-order valence-electron chi connectivity index (χ4n) is 4.50. The van der Waals surface area contributed by atoms with Crippen molar-refractivity contribution in [1.82, 2.24) is 15.6 Å². The van der Waals surface area contributed by atoms with Crippen LogP contribution in [0.4, 0.5) is 4.79 Å². The predicted octanol–water partition coefficient (Wildman–Crippen LogP) is 5.81. The van der Waals surface area contributed by atoms with Gasteiger partial charge >= 0.3 is 6.09 Å². The zero-order chi connectivity index (χ0) is 27.6. The fraction of sp³-hybridized carbons (Fsp3) is 0.281. The minimum Gasteiger partial charge on any atom is -0.445 e. The third-order valence-corrected chi connectivity index (χ3v) is 6.52. The first kappa shape index (κ1) is 27.6. The van der Waals surface area contributed by atoms with Crippen LogP contribution in [0.25, 0.3) is 10.9 Å². The minimum absolute atomic E-state index is 0.0985. The number of ether oxygens (including phenoxy) is 1. The molecule has 0 radical (unpaired) electrons. The van der Waals surface area contributed by atoms with Crippen molar-refractivity contribution in [2.45, 2.75) is 51.8 Å². The second kappa shape index (κ2) is 13.4. The van der Waals surface area contributed by atoms with Crippen LogP contribution in [0.5, 0.6) is 0 Å². The molecular weight excluding hydrogens is 490 g/mol. The standard InChI is InChI=1S/C32H35N3O4/c1-22(2)19-29(35-32(38)39-21-24-13-7-4-8-14-24)31(37)34-27(18-17-23-11-5-3-6-12-23)30(36)28-20-25-15-9-10-16-26(25)33-28/h3-16,20,22,27,29,33H,17-19,21H2,1-2H3,(H,34,37)(H,35,38). The number of carbonyl (C=O) groups is 3. The van der Waals surface area contributed by atoms with Crippen molar-refractivity contribution in [1.29, 1.82) is 0 Å². The molecule has 4 rings (SSSR count). The van der Waals surface area contributed by atoms with Gasteiger partial charge in [-0.2, -0.15) is 0 Å². The second-order valence-electron chi connectivity index (χ2n) is 10.1. The van der Waals surface area contributed by atoms with Crippen molar-refractivity contribution in [2.75, 3.05) is 0 Å². The van der Waals surface area contributed by atoms with E-state index >= 15 is 0 Å². The Morgan fingerprint density at radius 3 is 2.10 bits per heavy atom. The average Bonchev–Trinajstić information content (AvgIpc) is 3.39. The molecule has 2 amide bonds. The van der Waals surface area contributed by atoms with E-state index in [-0.39, 0.29) is 18.3 Å². The summed E-state index contributed by atoms with van der Waals surface area (Å²) in [5.74, 6) is -0.490. The van der Waals surface area contributed by atoms with E-state index in [1.807, 2.05) is 105 Å². The molecule has 0 saturated heterocycles. The Hall–Kier alpha value is -4.39. The number of benzene rings is 3. The van der Waals surface area contributed by atoms with Gasteiger partial charge < -0.3 is 20.4 Å². The predicted molar refractivity (Wildman–Crippen MR) is 152 cm³/mol. The van der Waals surface area contributed by atoms with Crippen molar-refractivity contribution >= 4 is 28.7 Å². The average molecular weight is 526 g/mol. The molecule has 0 aliphatic rings. The van der Waals surface area contributed by atoms with Gasteiger partial charge in [-0.3, -0.25) is 9.59 Å². The van der Waals surface area contributed by atoms with Crippen molar-refractivity contribution in [3.05, 3.63) is 108 Å². The van der Waals surface area contributed by atoms with E-state index in [4.69, 9.17) is 4.74 Å². The van der Waals surface area contributed by atoms with Crippen molar-refractivity contribution in [3.8, 4) is 0 Å². The lowest BCUT2D eigenvalue weighted by Crippen LogP contribution is -2.52. The lowest BCUT2D eigenvalue weighted by atomic mass is 9.98. The topological polar surface area (TPSA) is 100 Å². The molecule has 7 nitrogen and oxygen atoms in total. The molecule has 4 aromatic rings.